The monoisotopic (exact) mass is 198 g/mol. The Morgan fingerprint density at radius 3 is 2.50 bits per heavy atom. The standard InChI is InChI=1S/C10H11FO3/c1-10(2,14-9(12)13)7-5-3-4-6-8(7)11/h3-6H,1-2H3,(H,12,13). The Kier molecular flexibility index (Phi) is 2.74. The molecule has 0 amide bonds. The predicted molar refractivity (Wildman–Crippen MR) is 48.5 cm³/mol. The van der Waals surface area contributed by atoms with Crippen LogP contribution in [0.3, 0.4) is 0 Å². The number of hydrogen-bond acceptors (Lipinski definition) is 2. The van der Waals surface area contributed by atoms with Crippen molar-refractivity contribution in [3.8, 4) is 0 Å². The average Bonchev–Trinajstić information content (AvgIpc) is 2.02. The van der Waals surface area contributed by atoms with Gasteiger partial charge in [-0.25, -0.2) is 9.18 Å². The number of halogens is 1. The molecule has 0 spiro atoms. The van der Waals surface area contributed by atoms with Gasteiger partial charge >= 0.3 is 6.16 Å². The Hall–Kier alpha value is -1.58. The van der Waals surface area contributed by atoms with E-state index in [1.54, 1.807) is 6.07 Å². The van der Waals surface area contributed by atoms with Gasteiger partial charge in [0.25, 0.3) is 0 Å². The Labute approximate surface area is 81.1 Å². The molecule has 14 heavy (non-hydrogen) atoms. The number of ether oxygens (including phenoxy) is 1. The van der Waals surface area contributed by atoms with Crippen molar-refractivity contribution in [3.05, 3.63) is 35.6 Å². The fraction of sp³-hybridized carbons (Fsp3) is 0.300. The molecule has 76 valence electrons. The Balaban J connectivity index is 3.03. The van der Waals surface area contributed by atoms with Crippen molar-refractivity contribution in [1.29, 1.82) is 0 Å². The third-order valence-electron chi connectivity index (χ3n) is 1.86. The van der Waals surface area contributed by atoms with Gasteiger partial charge < -0.3 is 9.84 Å². The third-order valence-corrected chi connectivity index (χ3v) is 1.86. The van der Waals surface area contributed by atoms with Crippen LogP contribution in [0.1, 0.15) is 19.4 Å². The van der Waals surface area contributed by atoms with Gasteiger partial charge in [0.05, 0.1) is 0 Å². The molecule has 1 N–H and O–H groups in total. The van der Waals surface area contributed by atoms with Crippen LogP contribution in [0.15, 0.2) is 24.3 Å². The minimum atomic E-state index is -1.42. The van der Waals surface area contributed by atoms with E-state index in [2.05, 4.69) is 4.74 Å². The van der Waals surface area contributed by atoms with Gasteiger partial charge in [-0.1, -0.05) is 18.2 Å². The molecular weight excluding hydrogens is 187 g/mol. The van der Waals surface area contributed by atoms with Crippen LogP contribution in [0, 0.1) is 5.82 Å². The molecule has 0 bridgehead atoms. The summed E-state index contributed by atoms with van der Waals surface area (Å²) in [6.45, 7) is 3.00. The molecule has 0 aliphatic rings. The fourth-order valence-electron chi connectivity index (χ4n) is 1.22. The van der Waals surface area contributed by atoms with Crippen LogP contribution in [-0.2, 0) is 10.3 Å². The summed E-state index contributed by atoms with van der Waals surface area (Å²) in [5.74, 6) is -0.473. The van der Waals surface area contributed by atoms with Crippen LogP contribution in [0.4, 0.5) is 9.18 Å². The first-order valence-corrected chi connectivity index (χ1v) is 4.10. The minimum Gasteiger partial charge on any atom is -0.450 e. The molecule has 0 saturated carbocycles. The van der Waals surface area contributed by atoms with E-state index < -0.39 is 17.6 Å². The van der Waals surface area contributed by atoms with Gasteiger partial charge in [0.15, 0.2) is 0 Å². The summed E-state index contributed by atoms with van der Waals surface area (Å²) in [6, 6.07) is 5.93. The number of carboxylic acid groups (broad SMARTS) is 1. The molecule has 0 fully saturated rings. The Morgan fingerprint density at radius 1 is 1.43 bits per heavy atom. The van der Waals surface area contributed by atoms with Gasteiger partial charge in [0.2, 0.25) is 0 Å². The van der Waals surface area contributed by atoms with E-state index in [9.17, 15) is 9.18 Å². The van der Waals surface area contributed by atoms with E-state index in [0.717, 1.165) is 0 Å². The van der Waals surface area contributed by atoms with Crippen molar-refractivity contribution in [2.75, 3.05) is 0 Å². The molecule has 0 unspecified atom stereocenters. The summed E-state index contributed by atoms with van der Waals surface area (Å²) in [5.41, 5.74) is -0.945. The summed E-state index contributed by atoms with van der Waals surface area (Å²) in [6.07, 6.45) is -1.42. The summed E-state index contributed by atoms with van der Waals surface area (Å²) in [5, 5.41) is 8.46. The van der Waals surface area contributed by atoms with Gasteiger partial charge in [0, 0.05) is 5.56 Å². The Morgan fingerprint density at radius 2 is 2.00 bits per heavy atom. The van der Waals surface area contributed by atoms with Gasteiger partial charge in [0.1, 0.15) is 11.4 Å². The summed E-state index contributed by atoms with van der Waals surface area (Å²) >= 11 is 0. The zero-order chi connectivity index (χ0) is 10.8. The van der Waals surface area contributed by atoms with E-state index in [1.165, 1.54) is 32.0 Å². The van der Waals surface area contributed by atoms with E-state index in [-0.39, 0.29) is 5.56 Å². The number of carbonyl (C=O) groups is 1. The van der Waals surface area contributed by atoms with Crippen molar-refractivity contribution in [2.24, 2.45) is 0 Å². The van der Waals surface area contributed by atoms with E-state index in [0.29, 0.717) is 0 Å². The quantitative estimate of drug-likeness (QED) is 0.743. The van der Waals surface area contributed by atoms with Crippen molar-refractivity contribution in [3.63, 3.8) is 0 Å². The summed E-state index contributed by atoms with van der Waals surface area (Å²) < 4.78 is 17.8. The molecule has 1 aromatic carbocycles. The lowest BCUT2D eigenvalue weighted by Crippen LogP contribution is -2.25. The zero-order valence-corrected chi connectivity index (χ0v) is 7.95. The van der Waals surface area contributed by atoms with Gasteiger partial charge in [-0.3, -0.25) is 0 Å². The summed E-state index contributed by atoms with van der Waals surface area (Å²) in [4.78, 5) is 10.4. The average molecular weight is 198 g/mol. The van der Waals surface area contributed by atoms with Crippen molar-refractivity contribution >= 4 is 6.16 Å². The second kappa shape index (κ2) is 3.65. The van der Waals surface area contributed by atoms with E-state index in [4.69, 9.17) is 5.11 Å². The molecule has 0 aliphatic heterocycles. The SMILES string of the molecule is CC(C)(OC(=O)O)c1ccccc1F. The van der Waals surface area contributed by atoms with Crippen molar-refractivity contribution < 1.29 is 19.0 Å². The normalized spacial score (nSPS) is 11.1. The maximum atomic E-state index is 13.3. The third kappa shape index (κ3) is 2.22. The topological polar surface area (TPSA) is 46.5 Å². The maximum Gasteiger partial charge on any atom is 0.506 e. The minimum absolute atomic E-state index is 0.224. The molecule has 0 aliphatic carbocycles. The second-order valence-electron chi connectivity index (χ2n) is 3.36. The highest BCUT2D eigenvalue weighted by atomic mass is 19.1. The zero-order valence-electron chi connectivity index (χ0n) is 7.95. The predicted octanol–water partition coefficient (Wildman–Crippen LogP) is 2.76. The molecule has 0 heterocycles. The molecule has 0 atom stereocenters. The number of hydrogen-bond donors (Lipinski definition) is 1. The maximum absolute atomic E-state index is 13.3. The fourth-order valence-corrected chi connectivity index (χ4v) is 1.22. The van der Waals surface area contributed by atoms with Crippen LogP contribution in [0.2, 0.25) is 0 Å². The second-order valence-corrected chi connectivity index (χ2v) is 3.36. The van der Waals surface area contributed by atoms with Crippen LogP contribution in [0.25, 0.3) is 0 Å². The molecule has 0 radical (unpaired) electrons. The van der Waals surface area contributed by atoms with Crippen LogP contribution in [0.5, 0.6) is 0 Å². The molecule has 1 aromatic rings. The Bertz CT molecular complexity index is 347. The first kappa shape index (κ1) is 10.5. The van der Waals surface area contributed by atoms with Crippen LogP contribution < -0.4 is 0 Å². The molecule has 4 heteroatoms. The highest BCUT2D eigenvalue weighted by Gasteiger charge is 2.27. The van der Waals surface area contributed by atoms with Crippen molar-refractivity contribution in [2.45, 2.75) is 19.4 Å². The number of rotatable bonds is 2. The summed E-state index contributed by atoms with van der Waals surface area (Å²) in [7, 11) is 0. The van der Waals surface area contributed by atoms with Gasteiger partial charge in [-0.05, 0) is 19.9 Å². The van der Waals surface area contributed by atoms with Crippen LogP contribution in [-0.4, -0.2) is 11.3 Å². The molecular formula is C10H11FO3. The first-order valence-electron chi connectivity index (χ1n) is 4.10. The lowest BCUT2D eigenvalue weighted by atomic mass is 9.98. The van der Waals surface area contributed by atoms with Crippen molar-refractivity contribution in [1.82, 2.24) is 0 Å². The highest BCUT2D eigenvalue weighted by molar-refractivity contribution is 5.58. The smallest absolute Gasteiger partial charge is 0.450 e. The van der Waals surface area contributed by atoms with Crippen LogP contribution >= 0.6 is 0 Å². The molecule has 0 saturated heterocycles. The van der Waals surface area contributed by atoms with Gasteiger partial charge in [-0.15, -0.1) is 0 Å². The number of benzene rings is 1. The van der Waals surface area contributed by atoms with E-state index in [1.807, 2.05) is 0 Å². The lowest BCUT2D eigenvalue weighted by Gasteiger charge is -2.23. The molecule has 1 rings (SSSR count). The van der Waals surface area contributed by atoms with E-state index >= 15 is 0 Å². The largest absolute Gasteiger partial charge is 0.506 e. The first-order chi connectivity index (χ1) is 6.43. The highest BCUT2D eigenvalue weighted by Crippen LogP contribution is 2.26. The molecule has 3 nitrogen and oxygen atoms in total. The molecule has 0 aromatic heterocycles. The lowest BCUT2D eigenvalue weighted by molar-refractivity contribution is -0.000863. The van der Waals surface area contributed by atoms with Gasteiger partial charge in [-0.2, -0.15) is 0 Å².